The number of carbonyl (C=O) groups excluding carboxylic acids is 1. The Hall–Kier alpha value is -4.79. The number of nitrogens with zero attached hydrogens (tertiary/aromatic N) is 7. The van der Waals surface area contributed by atoms with Crippen LogP contribution >= 0.6 is 0 Å². The van der Waals surface area contributed by atoms with Crippen LogP contribution in [0.2, 0.25) is 0 Å². The molecule has 7 rings (SSSR count). The fraction of sp³-hybridized carbons (Fsp3) is 0.541. The summed E-state index contributed by atoms with van der Waals surface area (Å²) in [5, 5.41) is 21.7. The van der Waals surface area contributed by atoms with Crippen LogP contribution in [0.1, 0.15) is 64.1 Å². The second-order valence-corrected chi connectivity index (χ2v) is 14.8. The monoisotopic (exact) mass is 667 g/mol. The summed E-state index contributed by atoms with van der Waals surface area (Å²) in [4.78, 5) is 42.8. The lowest BCUT2D eigenvalue weighted by Gasteiger charge is -2.41. The van der Waals surface area contributed by atoms with Gasteiger partial charge in [-0.15, -0.1) is 0 Å². The standard InChI is InChI=1S/C37H45N7O5/c1-36(2,3)49-35(47)44-18-7-12-31(44)37(15-16-37)24-48-33-39-29-23-41(30-11-6-9-25-8-4-5-10-27(25)30)19-14-28(29)32(40-33)42-20-21-43(34(45)46)26(22-42)13-17-38/h4-6,8-11,26,31H,7,12-16,18-24H2,1-3H3,(H,45,46)/t26-,31-/m0/s1. The third-order valence-electron chi connectivity index (χ3n) is 10.5. The van der Waals surface area contributed by atoms with Crippen molar-refractivity contribution in [2.75, 3.05) is 49.1 Å². The van der Waals surface area contributed by atoms with Gasteiger partial charge in [0.2, 0.25) is 0 Å². The van der Waals surface area contributed by atoms with Gasteiger partial charge in [-0.1, -0.05) is 36.4 Å². The molecular formula is C37H45N7O5. The van der Waals surface area contributed by atoms with Crippen LogP contribution in [0, 0.1) is 16.7 Å². The van der Waals surface area contributed by atoms with E-state index in [1.807, 2.05) is 25.7 Å². The summed E-state index contributed by atoms with van der Waals surface area (Å²) in [5.74, 6) is 0.756. The number of ether oxygens (including phenoxy) is 2. The minimum absolute atomic E-state index is 0.0390. The van der Waals surface area contributed by atoms with E-state index in [0.717, 1.165) is 55.0 Å². The topological polar surface area (TPSA) is 135 Å². The summed E-state index contributed by atoms with van der Waals surface area (Å²) in [7, 11) is 0. The molecule has 1 aromatic heterocycles. The molecule has 2 aromatic carbocycles. The second kappa shape index (κ2) is 12.9. The van der Waals surface area contributed by atoms with Crippen molar-refractivity contribution in [1.82, 2.24) is 19.8 Å². The molecule has 12 heteroatoms. The highest BCUT2D eigenvalue weighted by molar-refractivity contribution is 5.94. The molecule has 1 saturated carbocycles. The molecule has 3 aliphatic heterocycles. The molecule has 2 saturated heterocycles. The lowest BCUT2D eigenvalue weighted by molar-refractivity contribution is 0.0123. The number of fused-ring (bicyclic) bond motifs is 2. The van der Waals surface area contributed by atoms with E-state index < -0.39 is 17.7 Å². The number of hydrogen-bond acceptors (Lipinski definition) is 9. The molecule has 1 aliphatic carbocycles. The van der Waals surface area contributed by atoms with Crippen LogP contribution in [0.3, 0.4) is 0 Å². The van der Waals surface area contributed by atoms with Crippen molar-refractivity contribution in [3.63, 3.8) is 0 Å². The van der Waals surface area contributed by atoms with Crippen molar-refractivity contribution in [3.8, 4) is 12.1 Å². The van der Waals surface area contributed by atoms with Gasteiger partial charge in [0.15, 0.2) is 0 Å². The number of amides is 2. The molecule has 4 heterocycles. The minimum atomic E-state index is -1.01. The number of aromatic nitrogens is 2. The van der Waals surface area contributed by atoms with E-state index >= 15 is 0 Å². The Labute approximate surface area is 287 Å². The molecule has 1 N–H and O–H groups in total. The van der Waals surface area contributed by atoms with Gasteiger partial charge >= 0.3 is 18.2 Å². The van der Waals surface area contributed by atoms with E-state index in [9.17, 15) is 20.0 Å². The maximum absolute atomic E-state index is 13.1. The van der Waals surface area contributed by atoms with E-state index in [2.05, 4.69) is 58.3 Å². The molecule has 0 bridgehead atoms. The van der Waals surface area contributed by atoms with Crippen LogP contribution in [0.4, 0.5) is 21.1 Å². The van der Waals surface area contributed by atoms with Gasteiger partial charge in [-0.25, -0.2) is 9.59 Å². The number of nitriles is 1. The van der Waals surface area contributed by atoms with E-state index in [0.29, 0.717) is 45.2 Å². The van der Waals surface area contributed by atoms with Crippen LogP contribution in [0.5, 0.6) is 6.01 Å². The van der Waals surface area contributed by atoms with Crippen molar-refractivity contribution in [2.24, 2.45) is 5.41 Å². The van der Waals surface area contributed by atoms with E-state index in [1.165, 1.54) is 15.7 Å². The highest BCUT2D eigenvalue weighted by Gasteiger charge is 2.55. The van der Waals surface area contributed by atoms with Crippen molar-refractivity contribution in [3.05, 3.63) is 53.7 Å². The van der Waals surface area contributed by atoms with Gasteiger partial charge in [0.25, 0.3) is 0 Å². The SMILES string of the molecule is CC(C)(C)OC(=O)N1CCC[C@H]1C1(COc2nc3c(c(N4CCN(C(=O)O)[C@@H](CC#N)C4)n2)CCN(c2cccc4ccccc24)C3)CC1. The lowest BCUT2D eigenvalue weighted by atomic mass is 9.95. The number of anilines is 2. The molecule has 49 heavy (non-hydrogen) atoms. The van der Waals surface area contributed by atoms with Crippen LogP contribution in [-0.2, 0) is 17.7 Å². The van der Waals surface area contributed by atoms with Crippen LogP contribution in [0.25, 0.3) is 10.8 Å². The number of piperazine rings is 1. The Morgan fingerprint density at radius 3 is 2.57 bits per heavy atom. The predicted molar refractivity (Wildman–Crippen MR) is 185 cm³/mol. The molecule has 2 atom stereocenters. The van der Waals surface area contributed by atoms with Gasteiger partial charge in [0.05, 0.1) is 37.4 Å². The summed E-state index contributed by atoms with van der Waals surface area (Å²) >= 11 is 0. The molecule has 258 valence electrons. The average molecular weight is 668 g/mol. The zero-order valence-electron chi connectivity index (χ0n) is 28.6. The van der Waals surface area contributed by atoms with Gasteiger partial charge in [-0.2, -0.15) is 15.2 Å². The van der Waals surface area contributed by atoms with Crippen molar-refractivity contribution >= 4 is 34.5 Å². The average Bonchev–Trinajstić information content (AvgIpc) is 3.70. The first kappa shape index (κ1) is 32.7. The largest absolute Gasteiger partial charge is 0.465 e. The summed E-state index contributed by atoms with van der Waals surface area (Å²) in [6.45, 7) is 9.21. The number of benzene rings is 2. The molecule has 3 aromatic rings. The lowest BCUT2D eigenvalue weighted by Crippen LogP contribution is -2.55. The highest BCUT2D eigenvalue weighted by atomic mass is 16.6. The van der Waals surface area contributed by atoms with Crippen molar-refractivity contribution in [2.45, 2.75) is 83.5 Å². The fourth-order valence-electron chi connectivity index (χ4n) is 7.87. The third-order valence-corrected chi connectivity index (χ3v) is 10.5. The predicted octanol–water partition coefficient (Wildman–Crippen LogP) is 5.83. The summed E-state index contributed by atoms with van der Waals surface area (Å²) in [6.07, 6.45) is 3.29. The first-order chi connectivity index (χ1) is 23.5. The zero-order valence-corrected chi connectivity index (χ0v) is 28.6. The minimum Gasteiger partial charge on any atom is -0.465 e. The van der Waals surface area contributed by atoms with Crippen LogP contribution in [0.15, 0.2) is 42.5 Å². The Morgan fingerprint density at radius 2 is 1.82 bits per heavy atom. The maximum atomic E-state index is 13.1. The molecule has 0 unspecified atom stereocenters. The number of hydrogen-bond donors (Lipinski definition) is 1. The molecule has 3 fully saturated rings. The first-order valence-corrected chi connectivity index (χ1v) is 17.4. The Kier molecular flexibility index (Phi) is 8.63. The second-order valence-electron chi connectivity index (χ2n) is 14.8. The van der Waals surface area contributed by atoms with Gasteiger partial charge in [-0.3, -0.25) is 0 Å². The summed E-state index contributed by atoms with van der Waals surface area (Å²) in [6, 6.07) is 16.8. The van der Waals surface area contributed by atoms with E-state index in [1.54, 1.807) is 0 Å². The molecule has 12 nitrogen and oxygen atoms in total. The highest BCUT2D eigenvalue weighted by Crippen LogP contribution is 2.53. The van der Waals surface area contributed by atoms with Gasteiger partial charge in [0, 0.05) is 60.8 Å². The number of likely N-dealkylation sites (tertiary alicyclic amines) is 1. The number of rotatable bonds is 7. The third kappa shape index (κ3) is 6.63. The number of carboxylic acid groups (broad SMARTS) is 1. The van der Waals surface area contributed by atoms with Crippen LogP contribution < -0.4 is 14.5 Å². The molecule has 0 radical (unpaired) electrons. The quantitative estimate of drug-likeness (QED) is 0.328. The Bertz CT molecular complexity index is 1780. The van der Waals surface area contributed by atoms with Gasteiger partial charge in [0.1, 0.15) is 11.4 Å². The van der Waals surface area contributed by atoms with E-state index in [4.69, 9.17) is 19.4 Å². The molecular weight excluding hydrogens is 622 g/mol. The van der Waals surface area contributed by atoms with Gasteiger partial charge in [-0.05, 0) is 64.3 Å². The van der Waals surface area contributed by atoms with Crippen molar-refractivity contribution in [1.29, 1.82) is 5.26 Å². The Balaban J connectivity index is 1.18. The van der Waals surface area contributed by atoms with Crippen molar-refractivity contribution < 1.29 is 24.2 Å². The summed E-state index contributed by atoms with van der Waals surface area (Å²) < 4.78 is 12.3. The Morgan fingerprint density at radius 1 is 1.02 bits per heavy atom. The smallest absolute Gasteiger partial charge is 0.410 e. The summed E-state index contributed by atoms with van der Waals surface area (Å²) in [5.41, 5.74) is 2.34. The molecule has 0 spiro atoms. The van der Waals surface area contributed by atoms with E-state index in [-0.39, 0.29) is 30.5 Å². The first-order valence-electron chi connectivity index (χ1n) is 17.4. The maximum Gasteiger partial charge on any atom is 0.410 e. The number of carbonyl (C=O) groups is 2. The normalized spacial score (nSPS) is 21.7. The zero-order chi connectivity index (χ0) is 34.3. The van der Waals surface area contributed by atoms with Gasteiger partial charge < -0.3 is 34.2 Å². The molecule has 2 amide bonds. The molecule has 4 aliphatic rings. The fourth-order valence-corrected chi connectivity index (χ4v) is 7.87. The van der Waals surface area contributed by atoms with Crippen LogP contribution in [-0.4, -0.2) is 94.1 Å².